The molecular weight excluding hydrogens is 362 g/mol. The molecule has 2 atom stereocenters. The van der Waals surface area contributed by atoms with Crippen LogP contribution in [0.4, 0.5) is 0 Å². The first-order valence-corrected chi connectivity index (χ1v) is 10.4. The zero-order valence-corrected chi connectivity index (χ0v) is 17.4. The van der Waals surface area contributed by atoms with E-state index in [9.17, 15) is 4.79 Å². The first-order chi connectivity index (χ1) is 14.1. The van der Waals surface area contributed by atoms with Crippen molar-refractivity contribution in [3.05, 3.63) is 66.0 Å². The van der Waals surface area contributed by atoms with E-state index < -0.39 is 0 Å². The minimum Gasteiger partial charge on any atom is -0.487 e. The number of benzene rings is 1. The summed E-state index contributed by atoms with van der Waals surface area (Å²) in [6, 6.07) is 13.4. The lowest BCUT2D eigenvalue weighted by molar-refractivity contribution is -0.116. The maximum absolute atomic E-state index is 12.1. The van der Waals surface area contributed by atoms with Crippen LogP contribution in [0, 0.1) is 11.8 Å². The lowest BCUT2D eigenvalue weighted by Crippen LogP contribution is -2.42. The van der Waals surface area contributed by atoms with E-state index in [0.29, 0.717) is 13.2 Å². The summed E-state index contributed by atoms with van der Waals surface area (Å²) in [6.45, 7) is 8.90. The average molecular weight is 394 g/mol. The Morgan fingerprint density at radius 2 is 1.93 bits per heavy atom. The zero-order valence-electron chi connectivity index (χ0n) is 17.4. The van der Waals surface area contributed by atoms with Gasteiger partial charge in [-0.2, -0.15) is 0 Å². The fraction of sp³-hybridized carbons (Fsp3) is 0.417. The molecule has 29 heavy (non-hydrogen) atoms. The number of nitrogens with zero attached hydrogens (tertiary/aromatic N) is 2. The number of pyridine rings is 1. The molecule has 1 saturated heterocycles. The standard InChI is InChI=1S/C24H31N3O2/c1-19-15-20(2)17-27(16-19)14-13-26-24(28)11-8-21-6-9-23(10-7-21)29-18-22-5-3-4-12-25-22/h3-12,19-20H,13-18H2,1-2H3,(H,26,28)/b11-8+. The van der Waals surface area contributed by atoms with Gasteiger partial charge < -0.3 is 15.0 Å². The maximum atomic E-state index is 12.1. The smallest absolute Gasteiger partial charge is 0.244 e. The highest BCUT2D eigenvalue weighted by Gasteiger charge is 2.21. The van der Waals surface area contributed by atoms with Crippen molar-refractivity contribution >= 4 is 12.0 Å². The molecular formula is C24H31N3O2. The third kappa shape index (κ3) is 7.35. The van der Waals surface area contributed by atoms with Crippen molar-refractivity contribution < 1.29 is 9.53 Å². The Labute approximate surface area is 173 Å². The summed E-state index contributed by atoms with van der Waals surface area (Å²) in [6.07, 6.45) is 6.47. The fourth-order valence-corrected chi connectivity index (χ4v) is 3.86. The molecule has 0 aliphatic carbocycles. The number of hydrogen-bond acceptors (Lipinski definition) is 4. The summed E-state index contributed by atoms with van der Waals surface area (Å²) in [7, 11) is 0. The Bertz CT molecular complexity index is 780. The van der Waals surface area contributed by atoms with Crippen LogP contribution in [-0.4, -0.2) is 42.0 Å². The number of likely N-dealkylation sites (tertiary alicyclic amines) is 1. The molecule has 1 N–H and O–H groups in total. The quantitative estimate of drug-likeness (QED) is 0.694. The van der Waals surface area contributed by atoms with Crippen molar-refractivity contribution in [1.29, 1.82) is 0 Å². The molecule has 0 radical (unpaired) electrons. The Hall–Kier alpha value is -2.66. The molecule has 1 aromatic heterocycles. The molecule has 3 rings (SSSR count). The monoisotopic (exact) mass is 393 g/mol. The second-order valence-electron chi connectivity index (χ2n) is 8.01. The lowest BCUT2D eigenvalue weighted by atomic mass is 9.92. The SMILES string of the molecule is CC1CC(C)CN(CCNC(=O)/C=C/c2ccc(OCc3ccccn3)cc2)C1. The predicted molar refractivity (Wildman–Crippen MR) is 116 cm³/mol. The van der Waals surface area contributed by atoms with E-state index in [0.717, 1.165) is 48.5 Å². The summed E-state index contributed by atoms with van der Waals surface area (Å²) in [5.74, 6) is 2.20. The van der Waals surface area contributed by atoms with Gasteiger partial charge >= 0.3 is 0 Å². The number of carbonyl (C=O) groups is 1. The van der Waals surface area contributed by atoms with Crippen LogP contribution in [0.2, 0.25) is 0 Å². The number of rotatable bonds is 8. The molecule has 2 unspecified atom stereocenters. The number of piperidine rings is 1. The fourth-order valence-electron chi connectivity index (χ4n) is 3.86. The van der Waals surface area contributed by atoms with Gasteiger partial charge in [0.1, 0.15) is 12.4 Å². The molecule has 0 bridgehead atoms. The van der Waals surface area contributed by atoms with Crippen LogP contribution >= 0.6 is 0 Å². The predicted octanol–water partition coefficient (Wildman–Crippen LogP) is 3.77. The average Bonchev–Trinajstić information content (AvgIpc) is 2.71. The number of ether oxygens (including phenoxy) is 1. The van der Waals surface area contributed by atoms with Crippen LogP contribution in [-0.2, 0) is 11.4 Å². The van der Waals surface area contributed by atoms with Gasteiger partial charge in [0.15, 0.2) is 0 Å². The van der Waals surface area contributed by atoms with E-state index in [2.05, 4.69) is 29.0 Å². The third-order valence-corrected chi connectivity index (χ3v) is 5.09. The van der Waals surface area contributed by atoms with Gasteiger partial charge in [-0.3, -0.25) is 9.78 Å². The molecule has 0 spiro atoms. The Kier molecular flexibility index (Phi) is 7.82. The van der Waals surface area contributed by atoms with Crippen LogP contribution in [0.15, 0.2) is 54.7 Å². The topological polar surface area (TPSA) is 54.5 Å². The highest BCUT2D eigenvalue weighted by atomic mass is 16.5. The molecule has 0 saturated carbocycles. The second-order valence-corrected chi connectivity index (χ2v) is 8.01. The van der Waals surface area contributed by atoms with Gasteiger partial charge in [0.05, 0.1) is 5.69 Å². The molecule has 1 aliphatic heterocycles. The maximum Gasteiger partial charge on any atom is 0.244 e. The lowest BCUT2D eigenvalue weighted by Gasteiger charge is -2.34. The van der Waals surface area contributed by atoms with Crippen molar-refractivity contribution in [2.45, 2.75) is 26.9 Å². The molecule has 1 aromatic carbocycles. The molecule has 1 amide bonds. The van der Waals surface area contributed by atoms with Gasteiger partial charge in [-0.25, -0.2) is 0 Å². The van der Waals surface area contributed by atoms with Crippen LogP contribution in [0.1, 0.15) is 31.5 Å². The van der Waals surface area contributed by atoms with Crippen molar-refractivity contribution in [3.63, 3.8) is 0 Å². The number of nitrogens with one attached hydrogen (secondary N) is 1. The molecule has 1 aliphatic rings. The number of carbonyl (C=O) groups excluding carboxylic acids is 1. The van der Waals surface area contributed by atoms with Gasteiger partial charge in [-0.1, -0.05) is 32.0 Å². The van der Waals surface area contributed by atoms with Gasteiger partial charge in [-0.15, -0.1) is 0 Å². The van der Waals surface area contributed by atoms with Gasteiger partial charge in [-0.05, 0) is 54.2 Å². The summed E-state index contributed by atoms with van der Waals surface area (Å²) in [5, 5.41) is 2.98. The molecule has 5 heteroatoms. The van der Waals surface area contributed by atoms with E-state index in [1.165, 1.54) is 6.42 Å². The third-order valence-electron chi connectivity index (χ3n) is 5.09. The molecule has 2 heterocycles. The van der Waals surface area contributed by atoms with E-state index in [1.54, 1.807) is 12.3 Å². The Morgan fingerprint density at radius 1 is 1.17 bits per heavy atom. The molecule has 1 fully saturated rings. The summed E-state index contributed by atoms with van der Waals surface area (Å²) in [5.41, 5.74) is 1.85. The first-order valence-electron chi connectivity index (χ1n) is 10.4. The Morgan fingerprint density at radius 3 is 2.62 bits per heavy atom. The first kappa shape index (κ1) is 21.1. The van der Waals surface area contributed by atoms with Crippen LogP contribution in [0.25, 0.3) is 6.08 Å². The molecule has 2 aromatic rings. The van der Waals surface area contributed by atoms with E-state index >= 15 is 0 Å². The van der Waals surface area contributed by atoms with E-state index in [4.69, 9.17) is 4.74 Å². The van der Waals surface area contributed by atoms with Gasteiger partial charge in [0, 0.05) is 38.5 Å². The van der Waals surface area contributed by atoms with Crippen LogP contribution in [0.3, 0.4) is 0 Å². The van der Waals surface area contributed by atoms with Crippen molar-refractivity contribution in [3.8, 4) is 5.75 Å². The minimum absolute atomic E-state index is 0.0569. The summed E-state index contributed by atoms with van der Waals surface area (Å²) in [4.78, 5) is 18.8. The number of amides is 1. The van der Waals surface area contributed by atoms with E-state index in [-0.39, 0.29) is 5.91 Å². The van der Waals surface area contributed by atoms with Crippen molar-refractivity contribution in [1.82, 2.24) is 15.2 Å². The normalized spacial score (nSPS) is 19.9. The highest BCUT2D eigenvalue weighted by molar-refractivity contribution is 5.91. The number of aromatic nitrogens is 1. The van der Waals surface area contributed by atoms with Crippen LogP contribution in [0.5, 0.6) is 5.75 Å². The molecule has 5 nitrogen and oxygen atoms in total. The van der Waals surface area contributed by atoms with Gasteiger partial charge in [0.2, 0.25) is 5.91 Å². The Balaban J connectivity index is 1.38. The second kappa shape index (κ2) is 10.8. The highest BCUT2D eigenvalue weighted by Crippen LogP contribution is 2.20. The van der Waals surface area contributed by atoms with Crippen LogP contribution < -0.4 is 10.1 Å². The zero-order chi connectivity index (χ0) is 20.5. The van der Waals surface area contributed by atoms with Gasteiger partial charge in [0.25, 0.3) is 0 Å². The van der Waals surface area contributed by atoms with Crippen molar-refractivity contribution in [2.24, 2.45) is 11.8 Å². The largest absolute Gasteiger partial charge is 0.487 e. The van der Waals surface area contributed by atoms with E-state index in [1.807, 2.05) is 48.5 Å². The summed E-state index contributed by atoms with van der Waals surface area (Å²) >= 11 is 0. The number of hydrogen-bond donors (Lipinski definition) is 1. The minimum atomic E-state index is -0.0569. The van der Waals surface area contributed by atoms with Crippen molar-refractivity contribution in [2.75, 3.05) is 26.2 Å². The molecule has 154 valence electrons. The summed E-state index contributed by atoms with van der Waals surface area (Å²) < 4.78 is 5.73.